The van der Waals surface area contributed by atoms with E-state index in [1.54, 1.807) is 18.2 Å². The second-order valence-electron chi connectivity index (χ2n) is 4.70. The van der Waals surface area contributed by atoms with E-state index in [0.29, 0.717) is 12.2 Å². The molecule has 3 rings (SSSR count). The molecule has 0 saturated carbocycles. The maximum Gasteiger partial charge on any atom is 0.239 e. The van der Waals surface area contributed by atoms with E-state index in [1.165, 1.54) is 18.2 Å². The van der Waals surface area contributed by atoms with Crippen LogP contribution in [0.3, 0.4) is 0 Å². The van der Waals surface area contributed by atoms with Crippen LogP contribution in [0.1, 0.15) is 27.7 Å². The molecule has 2 N–H and O–H groups in total. The Balaban J connectivity index is 1.72. The number of nitrogens with zero attached hydrogens (tertiary/aromatic N) is 3. The zero-order chi connectivity index (χ0) is 16.2. The van der Waals surface area contributed by atoms with Gasteiger partial charge in [-0.25, -0.2) is 4.39 Å². The molecule has 3 aromatic rings. The summed E-state index contributed by atoms with van der Waals surface area (Å²) < 4.78 is 18.3. The quantitative estimate of drug-likeness (QED) is 0.425. The number of ketones is 1. The molecule has 8 heteroatoms. The number of halogens is 1. The minimum Gasteiger partial charge on any atom is -0.504 e. The van der Waals surface area contributed by atoms with Crippen molar-refractivity contribution in [3.05, 3.63) is 71.2 Å². The molecule has 1 aromatic carbocycles. The highest BCUT2D eigenvalue weighted by atomic mass is 19.1. The number of aromatic nitrogens is 4. The van der Waals surface area contributed by atoms with Gasteiger partial charge < -0.3 is 9.52 Å². The third kappa shape index (κ3) is 3.49. The number of aliphatic hydroxyl groups is 1. The fourth-order valence-electron chi connectivity index (χ4n) is 1.94. The van der Waals surface area contributed by atoms with Gasteiger partial charge in [0, 0.05) is 12.5 Å². The highest BCUT2D eigenvalue weighted by Gasteiger charge is 2.13. The van der Waals surface area contributed by atoms with Crippen LogP contribution < -0.4 is 0 Å². The van der Waals surface area contributed by atoms with Crippen LogP contribution in [-0.2, 0) is 6.42 Å². The van der Waals surface area contributed by atoms with E-state index >= 15 is 0 Å². The van der Waals surface area contributed by atoms with Gasteiger partial charge in [-0.05, 0) is 35.0 Å². The summed E-state index contributed by atoms with van der Waals surface area (Å²) in [5, 5.41) is 22.2. The van der Waals surface area contributed by atoms with Crippen molar-refractivity contribution in [1.82, 2.24) is 20.6 Å². The van der Waals surface area contributed by atoms with Crippen LogP contribution >= 0.6 is 0 Å². The standard InChI is InChI=1S/C15H11FN4O3/c16-10-3-1-9(2-4-10)7-11-5-6-14(23-11)12(21)8-13(22)15-17-19-20-18-15/h1-6,8,22H,7H2,(H,17,18,19,20). The van der Waals surface area contributed by atoms with Gasteiger partial charge in [-0.2, -0.15) is 5.21 Å². The van der Waals surface area contributed by atoms with Gasteiger partial charge in [0.2, 0.25) is 11.6 Å². The molecule has 2 aromatic heterocycles. The molecule has 0 fully saturated rings. The molecule has 0 spiro atoms. The molecule has 0 atom stereocenters. The molecule has 7 nitrogen and oxygen atoms in total. The van der Waals surface area contributed by atoms with E-state index in [2.05, 4.69) is 20.6 Å². The van der Waals surface area contributed by atoms with Crippen LogP contribution in [0.25, 0.3) is 5.76 Å². The fourth-order valence-corrected chi connectivity index (χ4v) is 1.94. The summed E-state index contributed by atoms with van der Waals surface area (Å²) in [5.41, 5.74) is 0.852. The summed E-state index contributed by atoms with van der Waals surface area (Å²) in [4.78, 5) is 12.0. The van der Waals surface area contributed by atoms with Crippen LogP contribution in [0.5, 0.6) is 0 Å². The van der Waals surface area contributed by atoms with Crippen molar-refractivity contribution in [2.45, 2.75) is 6.42 Å². The Morgan fingerprint density at radius 2 is 2.04 bits per heavy atom. The Morgan fingerprint density at radius 3 is 2.74 bits per heavy atom. The Bertz CT molecular complexity index is 838. The number of aliphatic hydroxyl groups excluding tert-OH is 1. The number of nitrogens with one attached hydrogen (secondary N) is 1. The Hall–Kier alpha value is -3.29. The molecule has 0 aliphatic heterocycles. The van der Waals surface area contributed by atoms with Gasteiger partial charge in [0.25, 0.3) is 0 Å². The van der Waals surface area contributed by atoms with Crippen LogP contribution in [0, 0.1) is 5.82 Å². The molecular formula is C15H11FN4O3. The number of carbonyl (C=O) groups is 1. The van der Waals surface area contributed by atoms with Crippen LogP contribution in [0.4, 0.5) is 4.39 Å². The van der Waals surface area contributed by atoms with Gasteiger partial charge in [-0.3, -0.25) is 4.79 Å². The number of furan rings is 1. The van der Waals surface area contributed by atoms with Gasteiger partial charge in [-0.15, -0.1) is 10.2 Å². The molecular weight excluding hydrogens is 303 g/mol. The van der Waals surface area contributed by atoms with Gasteiger partial charge >= 0.3 is 0 Å². The Labute approximate surface area is 129 Å². The van der Waals surface area contributed by atoms with Crippen LogP contribution in [0.2, 0.25) is 0 Å². The van der Waals surface area contributed by atoms with Crippen molar-refractivity contribution in [1.29, 1.82) is 0 Å². The molecule has 0 saturated heterocycles. The summed E-state index contributed by atoms with van der Waals surface area (Å²) in [6, 6.07) is 9.14. The lowest BCUT2D eigenvalue weighted by Crippen LogP contribution is -1.96. The van der Waals surface area contributed by atoms with Crippen molar-refractivity contribution in [3.63, 3.8) is 0 Å². The third-order valence-corrected chi connectivity index (χ3v) is 3.04. The Morgan fingerprint density at radius 1 is 1.26 bits per heavy atom. The summed E-state index contributed by atoms with van der Waals surface area (Å²) in [5.74, 6) is -0.731. The average Bonchev–Trinajstić information content (AvgIpc) is 3.21. The normalized spacial score (nSPS) is 11.6. The first-order valence-corrected chi connectivity index (χ1v) is 6.64. The van der Waals surface area contributed by atoms with Crippen molar-refractivity contribution in [2.24, 2.45) is 0 Å². The fraction of sp³-hybridized carbons (Fsp3) is 0.0667. The minimum atomic E-state index is -0.530. The predicted octanol–water partition coefficient (Wildman–Crippen LogP) is 2.30. The average molecular weight is 314 g/mol. The highest BCUT2D eigenvalue weighted by Crippen LogP contribution is 2.16. The number of benzene rings is 1. The molecule has 0 bridgehead atoms. The monoisotopic (exact) mass is 314 g/mol. The van der Waals surface area contributed by atoms with Gasteiger partial charge in [0.15, 0.2) is 11.5 Å². The lowest BCUT2D eigenvalue weighted by molar-refractivity contribution is 0.101. The van der Waals surface area contributed by atoms with E-state index in [1.807, 2.05) is 0 Å². The maximum absolute atomic E-state index is 12.9. The largest absolute Gasteiger partial charge is 0.504 e. The molecule has 116 valence electrons. The molecule has 0 radical (unpaired) electrons. The number of allylic oxidation sites excluding steroid dienone is 1. The van der Waals surface area contributed by atoms with E-state index in [4.69, 9.17) is 4.42 Å². The topological polar surface area (TPSA) is 105 Å². The predicted molar refractivity (Wildman–Crippen MR) is 77.0 cm³/mol. The first-order chi connectivity index (χ1) is 11.1. The molecule has 0 unspecified atom stereocenters. The van der Waals surface area contributed by atoms with E-state index in [-0.39, 0.29) is 17.4 Å². The number of aromatic amines is 1. The summed E-state index contributed by atoms with van der Waals surface area (Å²) >= 11 is 0. The number of hydrogen-bond donors (Lipinski definition) is 2. The summed E-state index contributed by atoms with van der Waals surface area (Å²) in [6.07, 6.45) is 1.37. The van der Waals surface area contributed by atoms with Crippen molar-refractivity contribution in [2.75, 3.05) is 0 Å². The molecule has 0 aliphatic rings. The molecule has 0 aliphatic carbocycles. The lowest BCUT2D eigenvalue weighted by Gasteiger charge is -1.98. The van der Waals surface area contributed by atoms with Crippen LogP contribution in [-0.4, -0.2) is 31.5 Å². The van der Waals surface area contributed by atoms with Crippen molar-refractivity contribution in [3.8, 4) is 0 Å². The molecule has 2 heterocycles. The zero-order valence-corrected chi connectivity index (χ0v) is 11.7. The van der Waals surface area contributed by atoms with Gasteiger partial charge in [0.1, 0.15) is 11.6 Å². The third-order valence-electron chi connectivity index (χ3n) is 3.04. The second-order valence-corrected chi connectivity index (χ2v) is 4.70. The molecule has 0 amide bonds. The molecule has 23 heavy (non-hydrogen) atoms. The number of H-pyrrole nitrogens is 1. The zero-order valence-electron chi connectivity index (χ0n) is 11.7. The number of hydrogen-bond acceptors (Lipinski definition) is 6. The summed E-state index contributed by atoms with van der Waals surface area (Å²) in [7, 11) is 0. The number of carbonyl (C=O) groups excluding carboxylic acids is 1. The van der Waals surface area contributed by atoms with Crippen molar-refractivity contribution >= 4 is 11.5 Å². The first-order valence-electron chi connectivity index (χ1n) is 6.64. The Kier molecular flexibility index (Phi) is 3.96. The highest BCUT2D eigenvalue weighted by molar-refractivity contribution is 6.05. The van der Waals surface area contributed by atoms with E-state index < -0.39 is 11.5 Å². The SMILES string of the molecule is O=C(C=C(O)c1nn[nH]n1)c1ccc(Cc2ccc(F)cc2)o1. The number of tetrazole rings is 1. The van der Waals surface area contributed by atoms with Crippen LogP contribution in [0.15, 0.2) is 46.9 Å². The maximum atomic E-state index is 12.9. The van der Waals surface area contributed by atoms with Gasteiger partial charge in [0.05, 0.1) is 0 Å². The first kappa shape index (κ1) is 14.6. The second kappa shape index (κ2) is 6.22. The van der Waals surface area contributed by atoms with Gasteiger partial charge in [-0.1, -0.05) is 12.1 Å². The lowest BCUT2D eigenvalue weighted by atomic mass is 10.1. The summed E-state index contributed by atoms with van der Waals surface area (Å²) in [6.45, 7) is 0. The minimum absolute atomic E-state index is 0.0668. The van der Waals surface area contributed by atoms with Crippen molar-refractivity contribution < 1.29 is 18.7 Å². The van der Waals surface area contributed by atoms with E-state index in [0.717, 1.165) is 11.6 Å². The van der Waals surface area contributed by atoms with E-state index in [9.17, 15) is 14.3 Å². The smallest absolute Gasteiger partial charge is 0.239 e. The number of rotatable bonds is 5.